The maximum atomic E-state index is 9.70. The lowest BCUT2D eigenvalue weighted by molar-refractivity contribution is 0.480. The Bertz CT molecular complexity index is 1400. The van der Waals surface area contributed by atoms with Crippen molar-refractivity contribution in [2.75, 3.05) is 4.72 Å². The van der Waals surface area contributed by atoms with Gasteiger partial charge in [-0.1, -0.05) is 0 Å². The molecular weight excluding hydrogens is 456 g/mol. The van der Waals surface area contributed by atoms with Crippen molar-refractivity contribution in [2.45, 2.75) is 4.90 Å². The number of nitrogens with zero attached hydrogens (tertiary/aromatic N) is 5. The smallest absolute Gasteiger partial charge is 0.192 e. The van der Waals surface area contributed by atoms with E-state index in [0.717, 1.165) is 21.2 Å². The SMILES string of the molecule is N#Cc1cc(SNc2nccs2)ccc1Oc1ccc(-c2cncnc2)nc1-c1ccoc1. The Hall–Kier alpha value is -4.20. The topological polar surface area (TPSA) is 110 Å². The number of hydrogen-bond donors (Lipinski definition) is 1. The van der Waals surface area contributed by atoms with Crippen LogP contribution in [0.1, 0.15) is 5.56 Å². The number of thiazole rings is 1. The highest BCUT2D eigenvalue weighted by atomic mass is 32.2. The fourth-order valence-electron chi connectivity index (χ4n) is 2.97. The molecule has 0 radical (unpaired) electrons. The van der Waals surface area contributed by atoms with E-state index >= 15 is 0 Å². The van der Waals surface area contributed by atoms with E-state index in [0.29, 0.717) is 28.5 Å². The lowest BCUT2D eigenvalue weighted by Gasteiger charge is -2.13. The molecule has 1 aromatic carbocycles. The van der Waals surface area contributed by atoms with Crippen molar-refractivity contribution in [2.24, 2.45) is 0 Å². The monoisotopic (exact) mass is 470 g/mol. The molecule has 0 atom stereocenters. The van der Waals surface area contributed by atoms with Gasteiger partial charge in [-0.15, -0.1) is 11.3 Å². The van der Waals surface area contributed by atoms with Crippen LogP contribution in [-0.4, -0.2) is 19.9 Å². The maximum absolute atomic E-state index is 9.70. The predicted molar refractivity (Wildman–Crippen MR) is 126 cm³/mol. The van der Waals surface area contributed by atoms with E-state index in [2.05, 4.69) is 25.7 Å². The molecule has 0 saturated carbocycles. The molecule has 5 rings (SSSR count). The zero-order valence-corrected chi connectivity index (χ0v) is 18.5. The van der Waals surface area contributed by atoms with Gasteiger partial charge in [0.1, 0.15) is 23.8 Å². The molecule has 1 N–H and O–H groups in total. The Balaban J connectivity index is 1.45. The Kier molecular flexibility index (Phi) is 5.97. The molecule has 4 heterocycles. The number of hydrogen-bond acceptors (Lipinski definition) is 10. The zero-order valence-electron chi connectivity index (χ0n) is 16.9. The number of ether oxygens (including phenoxy) is 1. The lowest BCUT2D eigenvalue weighted by atomic mass is 10.1. The summed E-state index contributed by atoms with van der Waals surface area (Å²) in [5.41, 5.74) is 3.21. The molecule has 8 nitrogen and oxygen atoms in total. The van der Waals surface area contributed by atoms with Crippen molar-refractivity contribution >= 4 is 28.4 Å². The third-order valence-corrected chi connectivity index (χ3v) is 6.09. The first-order valence-corrected chi connectivity index (χ1v) is 11.3. The number of nitriles is 1. The van der Waals surface area contributed by atoms with Crippen LogP contribution in [0, 0.1) is 11.3 Å². The van der Waals surface area contributed by atoms with Gasteiger partial charge in [0.15, 0.2) is 10.9 Å². The standard InChI is InChI=1S/C23H14N6O2S2/c24-10-16-9-18(33-29-23-27-6-8-32-23)1-3-20(16)31-21-4-2-19(17-11-25-14-26-12-17)28-22(21)15-5-7-30-13-15/h1-9,11-14H,(H,27,29). The van der Waals surface area contributed by atoms with Crippen LogP contribution in [-0.2, 0) is 0 Å². The molecule has 0 unspecified atom stereocenters. The van der Waals surface area contributed by atoms with Gasteiger partial charge in [-0.05, 0) is 48.3 Å². The Morgan fingerprint density at radius 3 is 2.70 bits per heavy atom. The highest BCUT2D eigenvalue weighted by Crippen LogP contribution is 2.36. The number of pyridine rings is 1. The zero-order chi connectivity index (χ0) is 22.5. The van der Waals surface area contributed by atoms with Crippen molar-refractivity contribution in [3.63, 3.8) is 0 Å². The second-order valence-corrected chi connectivity index (χ2v) is 8.37. The molecule has 0 aliphatic carbocycles. The predicted octanol–water partition coefficient (Wildman–Crippen LogP) is 6.04. The third-order valence-electron chi connectivity index (χ3n) is 4.49. The molecule has 0 aliphatic heterocycles. The number of furan rings is 1. The molecule has 10 heteroatoms. The van der Waals surface area contributed by atoms with Crippen LogP contribution >= 0.6 is 23.3 Å². The molecule has 0 amide bonds. The highest BCUT2D eigenvalue weighted by molar-refractivity contribution is 8.00. The minimum atomic E-state index is 0.402. The first-order chi connectivity index (χ1) is 16.3. The number of benzene rings is 1. The van der Waals surface area contributed by atoms with Crippen LogP contribution in [0.15, 0.2) is 88.5 Å². The summed E-state index contributed by atoms with van der Waals surface area (Å²) < 4.78 is 14.6. The van der Waals surface area contributed by atoms with Crippen molar-refractivity contribution in [1.29, 1.82) is 5.26 Å². The first-order valence-electron chi connectivity index (χ1n) is 9.63. The van der Waals surface area contributed by atoms with E-state index in [1.807, 2.05) is 23.6 Å². The largest absolute Gasteiger partial charge is 0.472 e. The van der Waals surface area contributed by atoms with Gasteiger partial charge in [-0.25, -0.2) is 19.9 Å². The number of nitrogens with one attached hydrogen (secondary N) is 1. The van der Waals surface area contributed by atoms with Crippen LogP contribution in [0.5, 0.6) is 11.5 Å². The minimum absolute atomic E-state index is 0.402. The van der Waals surface area contributed by atoms with Crippen LogP contribution in [0.3, 0.4) is 0 Å². The number of anilines is 1. The van der Waals surface area contributed by atoms with E-state index in [1.165, 1.54) is 29.6 Å². The molecule has 0 spiro atoms. The Morgan fingerprint density at radius 2 is 1.94 bits per heavy atom. The second-order valence-electron chi connectivity index (χ2n) is 6.60. The Labute approximate surface area is 197 Å². The molecule has 4 aromatic heterocycles. The van der Waals surface area contributed by atoms with E-state index in [1.54, 1.807) is 49.3 Å². The average molecular weight is 471 g/mol. The highest BCUT2D eigenvalue weighted by Gasteiger charge is 2.15. The van der Waals surface area contributed by atoms with E-state index in [9.17, 15) is 5.26 Å². The van der Waals surface area contributed by atoms with E-state index in [-0.39, 0.29) is 0 Å². The molecule has 0 fully saturated rings. The maximum Gasteiger partial charge on any atom is 0.192 e. The van der Waals surface area contributed by atoms with Crippen molar-refractivity contribution < 1.29 is 9.15 Å². The van der Waals surface area contributed by atoms with E-state index in [4.69, 9.17) is 14.1 Å². The quantitative estimate of drug-likeness (QED) is 0.285. The number of rotatable bonds is 7. The molecule has 0 saturated heterocycles. The van der Waals surface area contributed by atoms with Crippen LogP contribution in [0.2, 0.25) is 0 Å². The number of aromatic nitrogens is 4. The average Bonchev–Trinajstić information content (AvgIpc) is 3.59. The molecule has 33 heavy (non-hydrogen) atoms. The summed E-state index contributed by atoms with van der Waals surface area (Å²) in [6.07, 6.45) is 9.75. The van der Waals surface area contributed by atoms with Crippen LogP contribution in [0.25, 0.3) is 22.5 Å². The summed E-state index contributed by atoms with van der Waals surface area (Å²) >= 11 is 2.88. The summed E-state index contributed by atoms with van der Waals surface area (Å²) in [6, 6.07) is 13.1. The summed E-state index contributed by atoms with van der Waals surface area (Å²) in [7, 11) is 0. The minimum Gasteiger partial charge on any atom is -0.472 e. The molecule has 0 bridgehead atoms. The van der Waals surface area contributed by atoms with Gasteiger partial charge in [0.2, 0.25) is 0 Å². The lowest BCUT2D eigenvalue weighted by Crippen LogP contribution is -1.96. The van der Waals surface area contributed by atoms with Crippen molar-refractivity contribution in [3.8, 4) is 40.1 Å². The normalized spacial score (nSPS) is 10.5. The summed E-state index contributed by atoms with van der Waals surface area (Å²) in [5.74, 6) is 0.924. The van der Waals surface area contributed by atoms with Gasteiger partial charge in [-0.2, -0.15) is 5.26 Å². The third kappa shape index (κ3) is 4.69. The fourth-order valence-corrected chi connectivity index (χ4v) is 4.23. The van der Waals surface area contributed by atoms with Crippen LogP contribution in [0.4, 0.5) is 5.13 Å². The Morgan fingerprint density at radius 1 is 1.06 bits per heavy atom. The second kappa shape index (κ2) is 9.52. The van der Waals surface area contributed by atoms with E-state index < -0.39 is 0 Å². The summed E-state index contributed by atoms with van der Waals surface area (Å²) in [4.78, 5) is 17.9. The molecule has 5 aromatic rings. The molecule has 160 valence electrons. The van der Waals surface area contributed by atoms with Crippen molar-refractivity contribution in [3.05, 3.63) is 84.8 Å². The van der Waals surface area contributed by atoms with Gasteiger partial charge in [0.05, 0.1) is 23.8 Å². The van der Waals surface area contributed by atoms with Gasteiger partial charge >= 0.3 is 0 Å². The van der Waals surface area contributed by atoms with Crippen molar-refractivity contribution in [1.82, 2.24) is 19.9 Å². The molecule has 0 aliphatic rings. The van der Waals surface area contributed by atoms with Gasteiger partial charge in [0.25, 0.3) is 0 Å². The fraction of sp³-hybridized carbons (Fsp3) is 0. The summed E-state index contributed by atoms with van der Waals surface area (Å²) in [5, 5.41) is 12.4. The first kappa shape index (κ1) is 20.7. The van der Waals surface area contributed by atoms with Gasteiger partial charge in [0, 0.05) is 40.0 Å². The summed E-state index contributed by atoms with van der Waals surface area (Å²) in [6.45, 7) is 0. The van der Waals surface area contributed by atoms with Crippen LogP contribution < -0.4 is 9.46 Å². The van der Waals surface area contributed by atoms with Gasteiger partial charge < -0.3 is 13.9 Å². The van der Waals surface area contributed by atoms with Gasteiger partial charge in [-0.3, -0.25) is 0 Å². The molecular formula is C23H14N6O2S2.